The molecule has 0 saturated heterocycles. The van der Waals surface area contributed by atoms with Crippen LogP contribution in [-0.4, -0.2) is 47.3 Å². The lowest BCUT2D eigenvalue weighted by molar-refractivity contribution is -0.140. The van der Waals surface area contributed by atoms with Crippen LogP contribution in [0, 0.1) is 0 Å². The molecule has 0 heterocycles. The average molecular weight is 413 g/mol. The number of carboxylic acid groups (broad SMARTS) is 1. The second-order valence-electron chi connectivity index (χ2n) is 5.38. The van der Waals surface area contributed by atoms with E-state index in [1.54, 1.807) is 24.3 Å². The third-order valence-corrected chi connectivity index (χ3v) is 4.59. The van der Waals surface area contributed by atoms with Gasteiger partial charge in [0.1, 0.15) is 6.54 Å². The van der Waals surface area contributed by atoms with Gasteiger partial charge in [-0.25, -0.2) is 9.88 Å². The lowest BCUT2D eigenvalue weighted by Crippen LogP contribution is -2.56. The van der Waals surface area contributed by atoms with Crippen LogP contribution in [0.5, 0.6) is 23.0 Å². The zero-order chi connectivity index (χ0) is 20.8. The molecule has 0 atom stereocenters. The first-order valence-electron chi connectivity index (χ1n) is 7.89. The number of carbonyl (C=O) groups is 1. The minimum Gasteiger partial charge on any atom is -0.493 e. The molecule has 152 valence electrons. The highest BCUT2D eigenvalue weighted by atomic mass is 31.2. The van der Waals surface area contributed by atoms with Crippen molar-refractivity contribution in [1.29, 1.82) is 0 Å². The molecule has 0 radical (unpaired) electrons. The first-order valence-corrected chi connectivity index (χ1v) is 9.50. The molecule has 2 aromatic carbocycles. The first-order chi connectivity index (χ1) is 13.2. The summed E-state index contributed by atoms with van der Waals surface area (Å²) in [6.45, 7) is -0.866. The summed E-state index contributed by atoms with van der Waals surface area (Å²) >= 11 is 0. The van der Waals surface area contributed by atoms with Crippen molar-refractivity contribution in [2.75, 3.05) is 20.8 Å². The maximum Gasteiger partial charge on any atom is 0.428 e. The minimum absolute atomic E-state index is 0.0823. The Balaban J connectivity index is 2.57. The molecular formula is C17H20NO9P. The van der Waals surface area contributed by atoms with E-state index in [1.165, 1.54) is 38.5 Å². The maximum absolute atomic E-state index is 12.4. The van der Waals surface area contributed by atoms with Gasteiger partial charge in [-0.2, -0.15) is 0 Å². The number of hydrogen-bond acceptors (Lipinski definition) is 7. The van der Waals surface area contributed by atoms with E-state index in [9.17, 15) is 19.1 Å². The zero-order valence-corrected chi connectivity index (χ0v) is 16.0. The third kappa shape index (κ3) is 4.93. The summed E-state index contributed by atoms with van der Waals surface area (Å²) in [7, 11) is -2.60. The van der Waals surface area contributed by atoms with Crippen LogP contribution in [0.1, 0.15) is 0 Å². The van der Waals surface area contributed by atoms with E-state index in [2.05, 4.69) is 5.32 Å². The van der Waals surface area contributed by atoms with Crippen molar-refractivity contribution in [3.8, 4) is 23.0 Å². The molecule has 0 saturated carbocycles. The molecule has 0 bridgehead atoms. The summed E-state index contributed by atoms with van der Waals surface area (Å²) in [4.78, 5) is 31.1. The molecule has 0 aliphatic carbocycles. The number of hydrogen-bond donors (Lipinski definition) is 4. The fourth-order valence-electron chi connectivity index (χ4n) is 2.21. The topological polar surface area (TPSA) is 144 Å². The molecular weight excluding hydrogens is 393 g/mol. The Morgan fingerprint density at radius 3 is 1.64 bits per heavy atom. The van der Waals surface area contributed by atoms with Crippen LogP contribution < -0.4 is 24.3 Å². The number of benzene rings is 2. The fraction of sp³-hybridized carbons (Fsp3) is 0.235. The second-order valence-corrected chi connectivity index (χ2v) is 7.06. The SMILES string of the molecule is COc1ccccc1OC(NCC(=O)O)(Oc1ccccc1OC)P(=O)(O)O. The lowest BCUT2D eigenvalue weighted by atomic mass is 10.3. The lowest BCUT2D eigenvalue weighted by Gasteiger charge is -2.35. The van der Waals surface area contributed by atoms with Crippen molar-refractivity contribution < 1.29 is 43.2 Å². The van der Waals surface area contributed by atoms with Gasteiger partial charge in [-0.05, 0) is 24.3 Å². The smallest absolute Gasteiger partial charge is 0.428 e. The Bertz CT molecular complexity index is 818. The number of para-hydroxylation sites is 4. The molecule has 0 aromatic heterocycles. The van der Waals surface area contributed by atoms with E-state index in [0.29, 0.717) is 0 Å². The molecule has 11 heteroatoms. The highest BCUT2D eigenvalue weighted by Gasteiger charge is 2.54. The summed E-state index contributed by atoms with van der Waals surface area (Å²) in [6.07, 6.45) is 0. The highest BCUT2D eigenvalue weighted by Crippen LogP contribution is 2.52. The maximum atomic E-state index is 12.4. The molecule has 4 N–H and O–H groups in total. The molecule has 10 nitrogen and oxygen atoms in total. The van der Waals surface area contributed by atoms with Crippen LogP contribution in [0.25, 0.3) is 0 Å². The Morgan fingerprint density at radius 2 is 1.32 bits per heavy atom. The second kappa shape index (κ2) is 8.94. The van der Waals surface area contributed by atoms with Crippen molar-refractivity contribution in [2.24, 2.45) is 0 Å². The van der Waals surface area contributed by atoms with Crippen molar-refractivity contribution in [1.82, 2.24) is 5.32 Å². The number of carboxylic acids is 1. The van der Waals surface area contributed by atoms with Gasteiger partial charge in [0.2, 0.25) is 0 Å². The van der Waals surface area contributed by atoms with Crippen molar-refractivity contribution in [2.45, 2.75) is 5.65 Å². The van der Waals surface area contributed by atoms with Gasteiger partial charge in [0, 0.05) is 0 Å². The average Bonchev–Trinajstić information content (AvgIpc) is 2.66. The molecule has 0 unspecified atom stereocenters. The van der Waals surface area contributed by atoms with Gasteiger partial charge in [-0.1, -0.05) is 24.3 Å². The summed E-state index contributed by atoms with van der Waals surface area (Å²) < 4.78 is 33.6. The number of methoxy groups -OCH3 is 2. The van der Waals surface area contributed by atoms with Crippen LogP contribution in [0.4, 0.5) is 0 Å². The molecule has 28 heavy (non-hydrogen) atoms. The van der Waals surface area contributed by atoms with Gasteiger partial charge in [0.25, 0.3) is 0 Å². The molecule has 0 amide bonds. The van der Waals surface area contributed by atoms with Crippen LogP contribution in [0.2, 0.25) is 0 Å². The number of rotatable bonds is 10. The first kappa shape index (κ1) is 21.5. The molecule has 0 spiro atoms. The van der Waals surface area contributed by atoms with Gasteiger partial charge < -0.3 is 33.8 Å². The summed E-state index contributed by atoms with van der Waals surface area (Å²) in [5.41, 5.74) is -2.87. The molecule has 0 aliphatic heterocycles. The standard InChI is InChI=1S/C17H20NO9P/c1-24-12-7-3-5-9-14(12)26-17(28(21,22)23,18-11-16(19)20)27-15-10-6-4-8-13(15)25-2/h3-10,18H,11H2,1-2H3,(H,19,20)(H2,21,22,23). The van der Waals surface area contributed by atoms with Gasteiger partial charge in [0.05, 0.1) is 14.2 Å². The Labute approximate surface area is 160 Å². The number of ether oxygens (including phenoxy) is 4. The van der Waals surface area contributed by atoms with Gasteiger partial charge in [-0.15, -0.1) is 0 Å². The quantitative estimate of drug-likeness (QED) is 0.335. The Kier molecular flexibility index (Phi) is 6.87. The highest BCUT2D eigenvalue weighted by molar-refractivity contribution is 7.53. The zero-order valence-electron chi connectivity index (χ0n) is 15.1. The normalized spacial score (nSPS) is 11.6. The predicted octanol–water partition coefficient (Wildman–Crippen LogP) is 1.62. The summed E-state index contributed by atoms with van der Waals surface area (Å²) in [6, 6.07) is 12.1. The van der Waals surface area contributed by atoms with E-state index < -0.39 is 25.8 Å². The van der Waals surface area contributed by atoms with E-state index in [0.717, 1.165) is 0 Å². The monoisotopic (exact) mass is 413 g/mol. The largest absolute Gasteiger partial charge is 0.493 e. The Morgan fingerprint density at radius 1 is 0.929 bits per heavy atom. The van der Waals surface area contributed by atoms with E-state index in [4.69, 9.17) is 24.1 Å². The van der Waals surface area contributed by atoms with Gasteiger partial charge in [0.15, 0.2) is 23.0 Å². The number of nitrogens with one attached hydrogen (secondary N) is 1. The van der Waals surface area contributed by atoms with Crippen molar-refractivity contribution in [3.05, 3.63) is 48.5 Å². The molecule has 2 rings (SSSR count). The third-order valence-electron chi connectivity index (χ3n) is 3.48. The molecule has 2 aromatic rings. The fourth-order valence-corrected chi connectivity index (χ4v) is 2.93. The van der Waals surface area contributed by atoms with Gasteiger partial charge >= 0.3 is 19.2 Å². The minimum atomic E-state index is -5.28. The summed E-state index contributed by atoms with van der Waals surface area (Å²) in [5, 5.41) is 11.2. The van der Waals surface area contributed by atoms with E-state index in [1.807, 2.05) is 0 Å². The number of aliphatic carboxylic acids is 1. The van der Waals surface area contributed by atoms with Gasteiger partial charge in [-0.3, -0.25) is 4.79 Å². The summed E-state index contributed by atoms with van der Waals surface area (Å²) in [5.74, 6) is -1.24. The van der Waals surface area contributed by atoms with Crippen LogP contribution in [0.3, 0.4) is 0 Å². The molecule has 0 fully saturated rings. The van der Waals surface area contributed by atoms with Crippen molar-refractivity contribution >= 4 is 13.6 Å². The van der Waals surface area contributed by atoms with Crippen molar-refractivity contribution in [3.63, 3.8) is 0 Å². The van der Waals surface area contributed by atoms with Crippen LogP contribution >= 0.6 is 7.60 Å². The Hall–Kier alpha value is -2.78. The van der Waals surface area contributed by atoms with Crippen LogP contribution in [-0.2, 0) is 9.36 Å². The van der Waals surface area contributed by atoms with Crippen LogP contribution in [0.15, 0.2) is 48.5 Å². The molecule has 0 aliphatic rings. The van der Waals surface area contributed by atoms with E-state index in [-0.39, 0.29) is 23.0 Å². The van der Waals surface area contributed by atoms with E-state index >= 15 is 0 Å². The predicted molar refractivity (Wildman–Crippen MR) is 97.7 cm³/mol.